The van der Waals surface area contributed by atoms with Crippen LogP contribution in [0.5, 0.6) is 5.75 Å². The Morgan fingerprint density at radius 2 is 2.00 bits per heavy atom. The summed E-state index contributed by atoms with van der Waals surface area (Å²) >= 11 is 0. The van der Waals surface area contributed by atoms with E-state index in [1.165, 1.54) is 6.42 Å². The summed E-state index contributed by atoms with van der Waals surface area (Å²) in [5.74, 6) is 2.14. The highest BCUT2D eigenvalue weighted by Gasteiger charge is 2.57. The van der Waals surface area contributed by atoms with Gasteiger partial charge in [-0.2, -0.15) is 0 Å². The molecule has 146 valence electrons. The van der Waals surface area contributed by atoms with Gasteiger partial charge in [-0.05, 0) is 61.0 Å². The quantitative estimate of drug-likeness (QED) is 0.767. The first-order chi connectivity index (χ1) is 12.8. The first kappa shape index (κ1) is 18.3. The summed E-state index contributed by atoms with van der Waals surface area (Å²) in [6, 6.07) is 7.15. The molecule has 4 aliphatic carbocycles. The lowest BCUT2D eigenvalue weighted by Crippen LogP contribution is -2.57. The monoisotopic (exact) mass is 371 g/mol. The van der Waals surface area contributed by atoms with Crippen LogP contribution in [-0.4, -0.2) is 24.6 Å². The lowest BCUT2D eigenvalue weighted by atomic mass is 9.45. The molecule has 5 heteroatoms. The number of amides is 1. The van der Waals surface area contributed by atoms with E-state index in [9.17, 15) is 9.59 Å². The van der Waals surface area contributed by atoms with Gasteiger partial charge >= 0.3 is 5.97 Å². The van der Waals surface area contributed by atoms with E-state index < -0.39 is 0 Å². The fourth-order valence-electron chi connectivity index (χ4n) is 4.86. The maximum atomic E-state index is 12.3. The van der Waals surface area contributed by atoms with E-state index >= 15 is 0 Å². The van der Waals surface area contributed by atoms with Crippen molar-refractivity contribution < 1.29 is 19.1 Å². The van der Waals surface area contributed by atoms with Gasteiger partial charge in [0, 0.05) is 17.7 Å². The Balaban J connectivity index is 1.26. The second kappa shape index (κ2) is 6.84. The number of carbonyl (C=O) groups is 2. The van der Waals surface area contributed by atoms with Gasteiger partial charge in [0.1, 0.15) is 11.9 Å². The van der Waals surface area contributed by atoms with Crippen molar-refractivity contribution in [3.8, 4) is 5.75 Å². The summed E-state index contributed by atoms with van der Waals surface area (Å²) in [6.45, 7) is 6.76. The Hall–Kier alpha value is -2.04. The van der Waals surface area contributed by atoms with Gasteiger partial charge in [-0.25, -0.2) is 4.79 Å². The molecule has 1 aromatic carbocycles. The van der Waals surface area contributed by atoms with E-state index in [-0.39, 0.29) is 30.5 Å². The number of hydrogen-bond acceptors (Lipinski definition) is 4. The minimum Gasteiger partial charge on any atom is -0.482 e. The molecule has 0 spiro atoms. The van der Waals surface area contributed by atoms with Crippen molar-refractivity contribution >= 4 is 17.6 Å². The number of fused-ring (bicyclic) bond motifs is 2. The molecule has 0 aromatic heterocycles. The third-order valence-corrected chi connectivity index (χ3v) is 6.97. The third kappa shape index (κ3) is 3.69. The van der Waals surface area contributed by atoms with Crippen molar-refractivity contribution in [1.82, 2.24) is 0 Å². The van der Waals surface area contributed by atoms with E-state index in [1.54, 1.807) is 12.1 Å². The standard InChI is InChI=1S/C22H29NO4/c1-13-18-9-15(22(18,2)3)10-19(13)27-20(24)12-26-17-6-4-5-16(11-17)23-21(25)14-7-8-14/h4-6,11,13-15,18-19H,7-10,12H2,1-3H3,(H,23,25)/t13-,15+,18+,19+/m0/s1. The number of carbonyl (C=O) groups excluding carboxylic acids is 2. The van der Waals surface area contributed by atoms with E-state index in [0.717, 1.165) is 19.3 Å². The van der Waals surface area contributed by atoms with Crippen LogP contribution < -0.4 is 10.1 Å². The lowest BCUT2D eigenvalue weighted by molar-refractivity contribution is -0.187. The molecule has 4 fully saturated rings. The largest absolute Gasteiger partial charge is 0.482 e. The van der Waals surface area contributed by atoms with Crippen LogP contribution in [0.15, 0.2) is 24.3 Å². The highest BCUT2D eigenvalue weighted by Crippen LogP contribution is 2.61. The van der Waals surface area contributed by atoms with Gasteiger partial charge in [0.05, 0.1) is 0 Å². The second-order valence-electron chi connectivity index (χ2n) is 9.06. The average Bonchev–Trinajstić information content (AvgIpc) is 3.47. The lowest BCUT2D eigenvalue weighted by Gasteiger charge is -2.61. The Labute approximate surface area is 160 Å². The summed E-state index contributed by atoms with van der Waals surface area (Å²) in [5, 5.41) is 2.89. The molecule has 4 aliphatic rings. The highest BCUT2D eigenvalue weighted by molar-refractivity contribution is 5.94. The number of esters is 1. The van der Waals surface area contributed by atoms with Gasteiger partial charge in [-0.3, -0.25) is 4.79 Å². The average molecular weight is 371 g/mol. The van der Waals surface area contributed by atoms with Crippen molar-refractivity contribution in [2.45, 2.75) is 52.6 Å². The maximum Gasteiger partial charge on any atom is 0.344 e. The number of hydrogen-bond donors (Lipinski definition) is 1. The van der Waals surface area contributed by atoms with E-state index in [4.69, 9.17) is 9.47 Å². The SMILES string of the molecule is C[C@H]1[C@H]2C[C@H](C[C@H]1OC(=O)COc1cccc(NC(=O)C3CC3)c1)C2(C)C. The molecule has 27 heavy (non-hydrogen) atoms. The van der Waals surface area contributed by atoms with Crippen LogP contribution in [0.4, 0.5) is 5.69 Å². The summed E-state index contributed by atoms with van der Waals surface area (Å²) in [4.78, 5) is 24.1. The molecule has 5 rings (SSSR count). The number of rotatable bonds is 6. The summed E-state index contributed by atoms with van der Waals surface area (Å²) < 4.78 is 11.3. The van der Waals surface area contributed by atoms with Crippen LogP contribution in [-0.2, 0) is 14.3 Å². The highest BCUT2D eigenvalue weighted by atomic mass is 16.6. The van der Waals surface area contributed by atoms with Gasteiger partial charge in [0.25, 0.3) is 0 Å². The first-order valence-electron chi connectivity index (χ1n) is 10.1. The first-order valence-corrected chi connectivity index (χ1v) is 10.1. The molecule has 1 amide bonds. The Morgan fingerprint density at radius 1 is 1.22 bits per heavy atom. The number of ether oxygens (including phenoxy) is 2. The number of nitrogens with one attached hydrogen (secondary N) is 1. The molecule has 2 bridgehead atoms. The zero-order valence-corrected chi connectivity index (χ0v) is 16.4. The van der Waals surface area contributed by atoms with E-state index in [1.807, 2.05) is 12.1 Å². The number of anilines is 1. The third-order valence-electron chi connectivity index (χ3n) is 6.97. The zero-order chi connectivity index (χ0) is 19.2. The van der Waals surface area contributed by atoms with Gasteiger partial charge in [0.2, 0.25) is 5.91 Å². The predicted molar refractivity (Wildman–Crippen MR) is 102 cm³/mol. The summed E-state index contributed by atoms with van der Waals surface area (Å²) in [7, 11) is 0. The van der Waals surface area contributed by atoms with Crippen LogP contribution in [0, 0.1) is 29.1 Å². The van der Waals surface area contributed by atoms with Crippen molar-refractivity contribution in [2.24, 2.45) is 29.1 Å². The molecule has 4 saturated carbocycles. The zero-order valence-electron chi connectivity index (χ0n) is 16.4. The van der Waals surface area contributed by atoms with Crippen LogP contribution in [0.3, 0.4) is 0 Å². The topological polar surface area (TPSA) is 64.6 Å². The minimum atomic E-state index is -0.321. The predicted octanol–water partition coefficient (Wildman–Crippen LogP) is 4.03. The normalized spacial score (nSPS) is 30.8. The van der Waals surface area contributed by atoms with Gasteiger partial charge in [-0.1, -0.05) is 26.8 Å². The Morgan fingerprint density at radius 3 is 2.67 bits per heavy atom. The van der Waals surface area contributed by atoms with Crippen LogP contribution in [0.2, 0.25) is 0 Å². The molecule has 0 saturated heterocycles. The molecule has 0 radical (unpaired) electrons. The molecule has 0 aliphatic heterocycles. The number of benzene rings is 1. The van der Waals surface area contributed by atoms with E-state index in [2.05, 4.69) is 26.1 Å². The molecule has 1 N–H and O–H groups in total. The van der Waals surface area contributed by atoms with Gasteiger partial charge in [0.15, 0.2) is 6.61 Å². The van der Waals surface area contributed by atoms with Crippen LogP contribution >= 0.6 is 0 Å². The molecule has 1 aromatic rings. The van der Waals surface area contributed by atoms with Crippen molar-refractivity contribution in [3.05, 3.63) is 24.3 Å². The molecular weight excluding hydrogens is 342 g/mol. The fraction of sp³-hybridized carbons (Fsp3) is 0.636. The molecular formula is C22H29NO4. The molecule has 0 heterocycles. The minimum absolute atomic E-state index is 0.00189. The van der Waals surface area contributed by atoms with Crippen LogP contribution in [0.25, 0.3) is 0 Å². The maximum absolute atomic E-state index is 12.3. The summed E-state index contributed by atoms with van der Waals surface area (Å²) in [5.41, 5.74) is 1.07. The van der Waals surface area contributed by atoms with Crippen molar-refractivity contribution in [3.63, 3.8) is 0 Å². The Bertz CT molecular complexity index is 740. The van der Waals surface area contributed by atoms with Gasteiger partial charge < -0.3 is 14.8 Å². The smallest absolute Gasteiger partial charge is 0.344 e. The van der Waals surface area contributed by atoms with Gasteiger partial charge in [-0.15, -0.1) is 0 Å². The van der Waals surface area contributed by atoms with Crippen LogP contribution in [0.1, 0.15) is 46.5 Å². The molecule has 4 atom stereocenters. The van der Waals surface area contributed by atoms with Crippen molar-refractivity contribution in [2.75, 3.05) is 11.9 Å². The fourth-order valence-corrected chi connectivity index (χ4v) is 4.86. The molecule has 5 nitrogen and oxygen atoms in total. The van der Waals surface area contributed by atoms with Crippen molar-refractivity contribution in [1.29, 1.82) is 0 Å². The van der Waals surface area contributed by atoms with E-state index in [0.29, 0.717) is 34.6 Å². The summed E-state index contributed by atoms with van der Waals surface area (Å²) in [6.07, 6.45) is 4.15. The Kier molecular flexibility index (Phi) is 4.65. The molecule has 0 unspecified atom stereocenters. The second-order valence-corrected chi connectivity index (χ2v) is 9.06.